The predicted octanol–water partition coefficient (Wildman–Crippen LogP) is 4.43. The molecule has 158 valence electrons. The SMILES string of the molecule is COc1ccc(N(C)S(=O)(=O)c2ccc(Cl)c(C(=O)N(C(C)C)C(C)C)c2)cc1. The fourth-order valence-corrected chi connectivity index (χ4v) is 4.54. The number of anilines is 1. The molecule has 29 heavy (non-hydrogen) atoms. The molecule has 2 aromatic rings. The average molecular weight is 439 g/mol. The van der Waals surface area contributed by atoms with Crippen LogP contribution >= 0.6 is 11.6 Å². The smallest absolute Gasteiger partial charge is 0.264 e. The molecule has 0 aromatic heterocycles. The van der Waals surface area contributed by atoms with Crippen LogP contribution in [0.4, 0.5) is 5.69 Å². The third kappa shape index (κ3) is 4.85. The number of benzene rings is 2. The molecule has 2 rings (SSSR count). The number of carbonyl (C=O) groups excluding carboxylic acids is 1. The summed E-state index contributed by atoms with van der Waals surface area (Å²) in [5.41, 5.74) is 0.637. The van der Waals surface area contributed by atoms with Gasteiger partial charge in [0.25, 0.3) is 15.9 Å². The second-order valence-electron chi connectivity index (χ2n) is 7.21. The number of methoxy groups -OCH3 is 1. The molecule has 0 saturated carbocycles. The van der Waals surface area contributed by atoms with Gasteiger partial charge in [0.2, 0.25) is 0 Å². The number of hydrogen-bond acceptors (Lipinski definition) is 4. The van der Waals surface area contributed by atoms with Gasteiger partial charge in [0.05, 0.1) is 28.3 Å². The lowest BCUT2D eigenvalue weighted by Gasteiger charge is -2.31. The highest BCUT2D eigenvalue weighted by atomic mass is 35.5. The Balaban J connectivity index is 2.46. The quantitative estimate of drug-likeness (QED) is 0.641. The van der Waals surface area contributed by atoms with E-state index in [9.17, 15) is 13.2 Å². The molecule has 0 saturated heterocycles. The second kappa shape index (κ2) is 9.05. The highest BCUT2D eigenvalue weighted by Crippen LogP contribution is 2.28. The fourth-order valence-electron chi connectivity index (χ4n) is 3.12. The number of ether oxygens (including phenoxy) is 1. The third-order valence-corrected chi connectivity index (χ3v) is 6.72. The maximum Gasteiger partial charge on any atom is 0.264 e. The van der Waals surface area contributed by atoms with Crippen LogP contribution in [0.2, 0.25) is 5.02 Å². The maximum atomic E-state index is 13.1. The molecule has 0 bridgehead atoms. The van der Waals surface area contributed by atoms with E-state index in [0.717, 1.165) is 4.31 Å². The van der Waals surface area contributed by atoms with Crippen molar-refractivity contribution in [2.75, 3.05) is 18.5 Å². The van der Waals surface area contributed by atoms with Gasteiger partial charge in [0.1, 0.15) is 5.75 Å². The molecule has 0 aliphatic carbocycles. The molecule has 0 N–H and O–H groups in total. The van der Waals surface area contributed by atoms with E-state index in [-0.39, 0.29) is 33.5 Å². The lowest BCUT2D eigenvalue weighted by molar-refractivity contribution is 0.0643. The van der Waals surface area contributed by atoms with Gasteiger partial charge in [-0.25, -0.2) is 8.42 Å². The largest absolute Gasteiger partial charge is 0.497 e. The molecule has 0 aliphatic heterocycles. The summed E-state index contributed by atoms with van der Waals surface area (Å²) >= 11 is 6.25. The van der Waals surface area contributed by atoms with Crippen LogP contribution in [0.15, 0.2) is 47.4 Å². The Bertz CT molecular complexity index is 965. The molecule has 1 amide bonds. The van der Waals surface area contributed by atoms with E-state index in [1.165, 1.54) is 25.2 Å². The lowest BCUT2D eigenvalue weighted by atomic mass is 10.1. The van der Waals surface area contributed by atoms with Crippen LogP contribution in [0.3, 0.4) is 0 Å². The van der Waals surface area contributed by atoms with Crippen molar-refractivity contribution in [3.63, 3.8) is 0 Å². The molecule has 6 nitrogen and oxygen atoms in total. The van der Waals surface area contributed by atoms with Crippen LogP contribution in [0.1, 0.15) is 38.1 Å². The van der Waals surface area contributed by atoms with E-state index < -0.39 is 10.0 Å². The Morgan fingerprint density at radius 1 is 1.00 bits per heavy atom. The van der Waals surface area contributed by atoms with Crippen LogP contribution in [0.5, 0.6) is 5.75 Å². The number of sulfonamides is 1. The van der Waals surface area contributed by atoms with Crippen molar-refractivity contribution in [3.05, 3.63) is 53.1 Å². The van der Waals surface area contributed by atoms with Gasteiger partial charge in [-0.2, -0.15) is 0 Å². The minimum Gasteiger partial charge on any atom is -0.497 e. The van der Waals surface area contributed by atoms with Crippen molar-refractivity contribution in [2.45, 2.75) is 44.7 Å². The van der Waals surface area contributed by atoms with Gasteiger partial charge >= 0.3 is 0 Å². The number of carbonyl (C=O) groups is 1. The molecule has 0 heterocycles. The van der Waals surface area contributed by atoms with Gasteiger partial charge < -0.3 is 9.64 Å². The van der Waals surface area contributed by atoms with Crippen LogP contribution in [-0.2, 0) is 10.0 Å². The zero-order valence-electron chi connectivity index (χ0n) is 17.5. The second-order valence-corrected chi connectivity index (χ2v) is 9.59. The number of rotatable bonds is 7. The van der Waals surface area contributed by atoms with Crippen LogP contribution in [0, 0.1) is 0 Å². The fraction of sp³-hybridized carbons (Fsp3) is 0.381. The van der Waals surface area contributed by atoms with E-state index in [0.29, 0.717) is 11.4 Å². The Kier molecular flexibility index (Phi) is 7.19. The molecule has 0 radical (unpaired) electrons. The van der Waals surface area contributed by atoms with Crippen molar-refractivity contribution in [1.82, 2.24) is 4.90 Å². The minimum atomic E-state index is -3.89. The standard InChI is InChI=1S/C21H27ClN2O4S/c1-14(2)24(15(3)4)21(25)19-13-18(11-12-20(19)22)29(26,27)23(5)16-7-9-17(28-6)10-8-16/h7-15H,1-6H3. The number of nitrogens with zero attached hydrogens (tertiary/aromatic N) is 2. The normalized spacial score (nSPS) is 11.6. The topological polar surface area (TPSA) is 66.9 Å². The van der Waals surface area contributed by atoms with Gasteiger partial charge in [-0.1, -0.05) is 11.6 Å². The first kappa shape index (κ1) is 23.0. The van der Waals surface area contributed by atoms with Crippen molar-refractivity contribution in [2.24, 2.45) is 0 Å². The zero-order valence-corrected chi connectivity index (χ0v) is 19.1. The summed E-state index contributed by atoms with van der Waals surface area (Å²) in [6.07, 6.45) is 0. The summed E-state index contributed by atoms with van der Waals surface area (Å²) in [6, 6.07) is 10.8. The molecule has 0 fully saturated rings. The van der Waals surface area contributed by atoms with Crippen molar-refractivity contribution >= 4 is 33.2 Å². The number of halogens is 1. The van der Waals surface area contributed by atoms with Crippen molar-refractivity contribution < 1.29 is 17.9 Å². The first-order valence-electron chi connectivity index (χ1n) is 9.26. The highest BCUT2D eigenvalue weighted by molar-refractivity contribution is 7.92. The molecule has 0 atom stereocenters. The van der Waals surface area contributed by atoms with E-state index >= 15 is 0 Å². The van der Waals surface area contributed by atoms with Gasteiger partial charge in [0, 0.05) is 19.1 Å². The van der Waals surface area contributed by atoms with Crippen LogP contribution in [-0.4, -0.2) is 45.5 Å². The average Bonchev–Trinajstić information content (AvgIpc) is 2.66. The lowest BCUT2D eigenvalue weighted by Crippen LogP contribution is -2.42. The number of amides is 1. The molecule has 0 unspecified atom stereocenters. The molecular weight excluding hydrogens is 412 g/mol. The summed E-state index contributed by atoms with van der Waals surface area (Å²) < 4.78 is 32.5. The molecule has 2 aromatic carbocycles. The third-order valence-electron chi connectivity index (χ3n) is 4.61. The van der Waals surface area contributed by atoms with Gasteiger partial charge in [-0.05, 0) is 70.2 Å². The van der Waals surface area contributed by atoms with E-state index in [4.69, 9.17) is 16.3 Å². The molecule has 8 heteroatoms. The summed E-state index contributed by atoms with van der Waals surface area (Å²) in [4.78, 5) is 14.7. The minimum absolute atomic E-state index is 0.00368. The van der Waals surface area contributed by atoms with Crippen molar-refractivity contribution in [3.8, 4) is 5.75 Å². The van der Waals surface area contributed by atoms with Crippen molar-refractivity contribution in [1.29, 1.82) is 0 Å². The predicted molar refractivity (Wildman–Crippen MR) is 116 cm³/mol. The summed E-state index contributed by atoms with van der Waals surface area (Å²) in [5, 5.41) is 0.215. The van der Waals surface area contributed by atoms with Gasteiger partial charge in [0.15, 0.2) is 0 Å². The molecular formula is C21H27ClN2O4S. The maximum absolute atomic E-state index is 13.1. The first-order valence-corrected chi connectivity index (χ1v) is 11.1. The van der Waals surface area contributed by atoms with E-state index in [1.54, 1.807) is 36.3 Å². The summed E-state index contributed by atoms with van der Waals surface area (Å²) in [7, 11) is -0.886. The van der Waals surface area contributed by atoms with E-state index in [2.05, 4.69) is 0 Å². The Morgan fingerprint density at radius 2 is 1.55 bits per heavy atom. The zero-order chi connectivity index (χ0) is 21.9. The molecule has 0 aliphatic rings. The molecule has 0 spiro atoms. The Hall–Kier alpha value is -2.25. The van der Waals surface area contributed by atoms with E-state index in [1.807, 2.05) is 27.7 Å². The van der Waals surface area contributed by atoms with Crippen LogP contribution < -0.4 is 9.04 Å². The monoisotopic (exact) mass is 438 g/mol. The van der Waals surface area contributed by atoms with Gasteiger partial charge in [-0.15, -0.1) is 0 Å². The Labute approximate surface area is 178 Å². The Morgan fingerprint density at radius 3 is 2.03 bits per heavy atom. The number of hydrogen-bond donors (Lipinski definition) is 0. The van der Waals surface area contributed by atoms with Gasteiger partial charge in [-0.3, -0.25) is 9.10 Å². The van der Waals surface area contributed by atoms with Crippen LogP contribution in [0.25, 0.3) is 0 Å². The first-order chi connectivity index (χ1) is 13.5. The highest BCUT2D eigenvalue weighted by Gasteiger charge is 2.27. The summed E-state index contributed by atoms with van der Waals surface area (Å²) in [5.74, 6) is 0.325. The summed E-state index contributed by atoms with van der Waals surface area (Å²) in [6.45, 7) is 7.63.